The molecule has 0 aromatic carbocycles. The Bertz CT molecular complexity index is 1120. The van der Waals surface area contributed by atoms with Gasteiger partial charge in [-0.3, -0.25) is 23.4 Å². The van der Waals surface area contributed by atoms with Crippen LogP contribution in [-0.4, -0.2) is 59.9 Å². The Morgan fingerprint density at radius 3 is 1.62 bits per heavy atom. The minimum atomic E-state index is -4.72. The fraction of sp³-hybridized carbons (Fsp3) is 0.675. The number of esters is 2. The Labute approximate surface area is 313 Å². The van der Waals surface area contributed by atoms with E-state index in [1.54, 1.807) is 0 Å². The second-order valence-corrected chi connectivity index (χ2v) is 14.1. The third kappa shape index (κ3) is 34.3. The number of nitrogens with two attached hydrogens (primary N) is 1. The smallest absolute Gasteiger partial charge is 0.472 e. The van der Waals surface area contributed by atoms with Crippen molar-refractivity contribution < 1.29 is 47.5 Å². The summed E-state index contributed by atoms with van der Waals surface area (Å²) in [6.07, 6.45) is 38.7. The van der Waals surface area contributed by atoms with Gasteiger partial charge in [-0.1, -0.05) is 132 Å². The van der Waals surface area contributed by atoms with Crippen LogP contribution in [0.2, 0.25) is 0 Å². The van der Waals surface area contributed by atoms with E-state index in [1.165, 1.54) is 32.1 Å². The Morgan fingerprint density at radius 2 is 1.08 bits per heavy atom. The predicted molar refractivity (Wildman–Crippen MR) is 208 cm³/mol. The molecule has 3 atom stereocenters. The average Bonchev–Trinajstić information content (AvgIpc) is 3.12. The van der Waals surface area contributed by atoms with Crippen LogP contribution >= 0.6 is 7.82 Å². The topological polar surface area (TPSA) is 172 Å². The van der Waals surface area contributed by atoms with Gasteiger partial charge in [-0.2, -0.15) is 0 Å². The molecule has 0 radical (unpaired) electrons. The molecule has 0 spiro atoms. The molecule has 3 unspecified atom stereocenters. The minimum absolute atomic E-state index is 0.120. The van der Waals surface area contributed by atoms with Gasteiger partial charge in [0, 0.05) is 12.8 Å². The molecule has 0 amide bonds. The van der Waals surface area contributed by atoms with Gasteiger partial charge in [-0.25, -0.2) is 4.57 Å². The maximum Gasteiger partial charge on any atom is 0.472 e. The Balaban J connectivity index is 4.48. The summed E-state index contributed by atoms with van der Waals surface area (Å²) in [4.78, 5) is 45.7. The summed E-state index contributed by atoms with van der Waals surface area (Å²) in [6, 6.07) is -1.53. The van der Waals surface area contributed by atoms with Gasteiger partial charge < -0.3 is 25.2 Å². The van der Waals surface area contributed by atoms with E-state index >= 15 is 0 Å². The van der Waals surface area contributed by atoms with Crippen LogP contribution < -0.4 is 5.73 Å². The van der Waals surface area contributed by atoms with Crippen LogP contribution in [0.1, 0.15) is 142 Å². The first-order valence-corrected chi connectivity index (χ1v) is 20.8. The number of aliphatic carboxylic acids is 1. The Kier molecular flexibility index (Phi) is 33.3. The van der Waals surface area contributed by atoms with Crippen molar-refractivity contribution in [2.45, 2.75) is 154 Å². The van der Waals surface area contributed by atoms with Crippen molar-refractivity contribution in [2.24, 2.45) is 5.73 Å². The van der Waals surface area contributed by atoms with Crippen LogP contribution in [0.4, 0.5) is 0 Å². The summed E-state index contributed by atoms with van der Waals surface area (Å²) in [7, 11) is -4.72. The van der Waals surface area contributed by atoms with E-state index < -0.39 is 51.1 Å². The fourth-order valence-corrected chi connectivity index (χ4v) is 5.51. The molecule has 0 heterocycles. The molecule has 4 N–H and O–H groups in total. The SMILES string of the molecule is CC/C=C\C/C=C\C/C=C\C/C=C\C/C=C\CCCCCC(=O)OC(COC(=O)CCCCCCCCCCC)COP(=O)(O)OCC(N)C(=O)O. The first kappa shape index (κ1) is 49.2. The van der Waals surface area contributed by atoms with Crippen molar-refractivity contribution in [2.75, 3.05) is 19.8 Å². The number of phosphoric ester groups is 1. The molecule has 0 saturated carbocycles. The molecule has 0 rings (SSSR count). The number of hydrogen-bond donors (Lipinski definition) is 3. The maximum atomic E-state index is 12.6. The lowest BCUT2D eigenvalue weighted by molar-refractivity contribution is -0.161. The van der Waals surface area contributed by atoms with Gasteiger partial charge in [0.05, 0.1) is 13.2 Å². The van der Waals surface area contributed by atoms with Gasteiger partial charge in [0.15, 0.2) is 6.10 Å². The summed E-state index contributed by atoms with van der Waals surface area (Å²) in [5.74, 6) is -2.43. The van der Waals surface area contributed by atoms with Crippen molar-refractivity contribution >= 4 is 25.7 Å². The number of ether oxygens (including phenoxy) is 2. The highest BCUT2D eigenvalue weighted by Crippen LogP contribution is 2.43. The monoisotopic (exact) mass is 753 g/mol. The molecule has 298 valence electrons. The van der Waals surface area contributed by atoms with E-state index in [0.717, 1.165) is 70.6 Å². The van der Waals surface area contributed by atoms with Crippen molar-refractivity contribution in [1.29, 1.82) is 0 Å². The van der Waals surface area contributed by atoms with Crippen molar-refractivity contribution in [3.05, 3.63) is 60.8 Å². The lowest BCUT2D eigenvalue weighted by Gasteiger charge is -2.20. The lowest BCUT2D eigenvalue weighted by Crippen LogP contribution is -2.34. The second-order valence-electron chi connectivity index (χ2n) is 12.7. The van der Waals surface area contributed by atoms with E-state index in [4.69, 9.17) is 24.8 Å². The number of rotatable bonds is 35. The zero-order chi connectivity index (χ0) is 38.5. The summed E-state index contributed by atoms with van der Waals surface area (Å²) in [6.45, 7) is 2.60. The average molecular weight is 754 g/mol. The van der Waals surface area contributed by atoms with Crippen LogP contribution in [-0.2, 0) is 37.5 Å². The van der Waals surface area contributed by atoms with Gasteiger partial charge >= 0.3 is 25.7 Å². The minimum Gasteiger partial charge on any atom is -0.480 e. The van der Waals surface area contributed by atoms with Crippen LogP contribution in [0.25, 0.3) is 0 Å². The quantitative estimate of drug-likeness (QED) is 0.0244. The van der Waals surface area contributed by atoms with Gasteiger partial charge in [0.25, 0.3) is 0 Å². The van der Waals surface area contributed by atoms with E-state index in [-0.39, 0.29) is 19.4 Å². The van der Waals surface area contributed by atoms with Gasteiger partial charge in [0.2, 0.25) is 0 Å². The predicted octanol–water partition coefficient (Wildman–Crippen LogP) is 9.61. The first-order valence-electron chi connectivity index (χ1n) is 19.3. The molecular weight excluding hydrogens is 685 g/mol. The first-order chi connectivity index (χ1) is 25.1. The molecule has 0 aliphatic rings. The van der Waals surface area contributed by atoms with E-state index in [2.05, 4.69) is 79.1 Å². The molecule has 52 heavy (non-hydrogen) atoms. The van der Waals surface area contributed by atoms with Crippen LogP contribution in [0.15, 0.2) is 60.8 Å². The molecule has 0 aromatic heterocycles. The van der Waals surface area contributed by atoms with Gasteiger partial charge in [-0.15, -0.1) is 0 Å². The number of carboxylic acids is 1. The number of hydrogen-bond acceptors (Lipinski definition) is 9. The molecule has 0 bridgehead atoms. The van der Waals surface area contributed by atoms with Gasteiger partial charge in [0.1, 0.15) is 12.6 Å². The number of unbranched alkanes of at least 4 members (excludes halogenated alkanes) is 11. The summed E-state index contributed by atoms with van der Waals surface area (Å²) in [5, 5.41) is 8.85. The highest BCUT2D eigenvalue weighted by molar-refractivity contribution is 7.47. The fourth-order valence-electron chi connectivity index (χ4n) is 4.74. The highest BCUT2D eigenvalue weighted by Gasteiger charge is 2.28. The van der Waals surface area contributed by atoms with E-state index in [9.17, 15) is 23.8 Å². The Hall–Kier alpha value is -2.82. The molecule has 12 heteroatoms. The third-order valence-corrected chi connectivity index (χ3v) is 8.73. The van der Waals surface area contributed by atoms with Crippen molar-refractivity contribution in [3.63, 3.8) is 0 Å². The number of carbonyl (C=O) groups excluding carboxylic acids is 2. The zero-order valence-electron chi connectivity index (χ0n) is 31.9. The molecule has 11 nitrogen and oxygen atoms in total. The summed E-state index contributed by atoms with van der Waals surface area (Å²) >= 11 is 0. The third-order valence-electron chi connectivity index (χ3n) is 7.78. The van der Waals surface area contributed by atoms with Crippen molar-refractivity contribution in [1.82, 2.24) is 0 Å². The molecule has 0 aliphatic carbocycles. The zero-order valence-corrected chi connectivity index (χ0v) is 32.8. The largest absolute Gasteiger partial charge is 0.480 e. The number of carbonyl (C=O) groups is 3. The van der Waals surface area contributed by atoms with Crippen LogP contribution in [0, 0.1) is 0 Å². The molecular formula is C40H68NO10P. The normalized spacial score (nSPS) is 14.5. The van der Waals surface area contributed by atoms with Crippen LogP contribution in [0.5, 0.6) is 0 Å². The standard InChI is InChI=1S/C40H68NO10P/c1-3-5-7-9-11-13-14-15-16-17-18-19-20-21-22-24-26-28-30-32-39(43)51-36(34-49-52(46,47)50-35-37(41)40(44)45)33-48-38(42)31-29-27-25-23-12-10-8-6-4-2/h5,7,11,13,15-16,18-19,21-22,36-37H,3-4,6,8-10,12,14,17,20,23-35,41H2,1-2H3,(H,44,45)(H,46,47)/b7-5-,13-11-,16-15-,19-18-,22-21-. The maximum absolute atomic E-state index is 12.6. The second kappa shape index (κ2) is 35.2. The van der Waals surface area contributed by atoms with Gasteiger partial charge in [-0.05, 0) is 57.8 Å². The lowest BCUT2D eigenvalue weighted by atomic mass is 10.1. The highest BCUT2D eigenvalue weighted by atomic mass is 31.2. The van der Waals surface area contributed by atoms with Crippen LogP contribution in [0.3, 0.4) is 0 Å². The number of allylic oxidation sites excluding steroid dienone is 10. The number of phosphoric acid groups is 1. The molecule has 0 aliphatic heterocycles. The number of carboxylic acid groups (broad SMARTS) is 1. The Morgan fingerprint density at radius 1 is 0.615 bits per heavy atom. The molecule has 0 aromatic rings. The molecule has 0 fully saturated rings. The van der Waals surface area contributed by atoms with E-state index in [0.29, 0.717) is 12.8 Å². The summed E-state index contributed by atoms with van der Waals surface area (Å²) < 4.78 is 32.5. The summed E-state index contributed by atoms with van der Waals surface area (Å²) in [5.41, 5.74) is 5.31. The molecule has 0 saturated heterocycles. The van der Waals surface area contributed by atoms with E-state index in [1.807, 2.05) is 0 Å². The van der Waals surface area contributed by atoms with Crippen molar-refractivity contribution in [3.8, 4) is 0 Å².